The molecule has 0 aromatic carbocycles. The van der Waals surface area contributed by atoms with Crippen molar-refractivity contribution in [3.8, 4) is 0 Å². The summed E-state index contributed by atoms with van der Waals surface area (Å²) in [6.07, 6.45) is 56.9. The first-order chi connectivity index (χ1) is 29.0. The minimum atomic E-state index is -1.29. The molecule has 0 saturated carbocycles. The summed E-state index contributed by atoms with van der Waals surface area (Å²) in [5, 5.41) is 43.7. The van der Waals surface area contributed by atoms with Crippen LogP contribution in [0.5, 0.6) is 0 Å². The number of hydrogen-bond donors (Lipinski definition) is 5. The minimum absolute atomic E-state index is 0.364. The van der Waals surface area contributed by atoms with Crippen molar-refractivity contribution in [3.05, 3.63) is 24.3 Å². The molecule has 4 unspecified atom stereocenters. The zero-order chi connectivity index (χ0) is 43.1. The monoisotopic (exact) mass is 834 g/mol. The van der Waals surface area contributed by atoms with Gasteiger partial charge in [0.2, 0.25) is 5.91 Å². The van der Waals surface area contributed by atoms with Crippen LogP contribution in [0.2, 0.25) is 0 Å². The summed E-state index contributed by atoms with van der Waals surface area (Å²) in [4.78, 5) is 12.5. The Labute approximate surface area is 367 Å². The van der Waals surface area contributed by atoms with Crippen LogP contribution in [-0.2, 0) is 4.79 Å². The molecule has 6 nitrogen and oxygen atoms in total. The smallest absolute Gasteiger partial charge is 0.249 e. The SMILES string of the molecule is CCCCC/C=C/CC/C=C/CCCC(O)C(O)C(CO)NC(=O)C(O)CCCCCCCCCCCCCCCCCCCCCCCCCCCCCCCCC. The lowest BCUT2D eigenvalue weighted by molar-refractivity contribution is -0.132. The van der Waals surface area contributed by atoms with Crippen molar-refractivity contribution in [2.24, 2.45) is 0 Å². The lowest BCUT2D eigenvalue weighted by Crippen LogP contribution is -2.53. The Kier molecular flexibility index (Phi) is 46.9. The molecule has 0 aromatic rings. The third kappa shape index (κ3) is 41.9. The van der Waals surface area contributed by atoms with Gasteiger partial charge in [-0.15, -0.1) is 0 Å². The molecule has 350 valence electrons. The van der Waals surface area contributed by atoms with Crippen LogP contribution in [0.4, 0.5) is 0 Å². The number of allylic oxidation sites excluding steroid dienone is 4. The number of aliphatic hydroxyl groups excluding tert-OH is 4. The lowest BCUT2D eigenvalue weighted by atomic mass is 10.00. The number of carbonyl (C=O) groups is 1. The topological polar surface area (TPSA) is 110 Å². The molecule has 0 bridgehead atoms. The van der Waals surface area contributed by atoms with Crippen molar-refractivity contribution in [2.75, 3.05) is 6.61 Å². The summed E-state index contributed by atoms with van der Waals surface area (Å²) in [7, 11) is 0. The van der Waals surface area contributed by atoms with Crippen molar-refractivity contribution in [1.29, 1.82) is 0 Å². The third-order valence-corrected chi connectivity index (χ3v) is 12.4. The Bertz CT molecular complexity index is 893. The van der Waals surface area contributed by atoms with Crippen LogP contribution < -0.4 is 5.32 Å². The fraction of sp³-hybridized carbons (Fsp3) is 0.906. The number of hydrogen-bond acceptors (Lipinski definition) is 5. The van der Waals surface area contributed by atoms with Gasteiger partial charge in [0.15, 0.2) is 0 Å². The van der Waals surface area contributed by atoms with Gasteiger partial charge >= 0.3 is 0 Å². The van der Waals surface area contributed by atoms with Crippen molar-refractivity contribution >= 4 is 5.91 Å². The van der Waals surface area contributed by atoms with Gasteiger partial charge in [0.25, 0.3) is 0 Å². The van der Waals surface area contributed by atoms with Crippen LogP contribution in [0.1, 0.15) is 277 Å². The molecule has 0 radical (unpaired) electrons. The predicted molar refractivity (Wildman–Crippen MR) is 256 cm³/mol. The van der Waals surface area contributed by atoms with Gasteiger partial charge in [-0.3, -0.25) is 4.79 Å². The molecule has 0 aliphatic carbocycles. The fourth-order valence-corrected chi connectivity index (χ4v) is 8.25. The van der Waals surface area contributed by atoms with E-state index in [1.54, 1.807) is 0 Å². The van der Waals surface area contributed by atoms with Crippen LogP contribution in [-0.4, -0.2) is 57.3 Å². The van der Waals surface area contributed by atoms with Gasteiger partial charge in [0.05, 0.1) is 18.8 Å². The van der Waals surface area contributed by atoms with Crippen molar-refractivity contribution in [3.63, 3.8) is 0 Å². The molecule has 0 rings (SSSR count). The Morgan fingerprint density at radius 3 is 1.07 bits per heavy atom. The molecule has 5 N–H and O–H groups in total. The second-order valence-electron chi connectivity index (χ2n) is 18.2. The first kappa shape index (κ1) is 57.8. The van der Waals surface area contributed by atoms with Crippen molar-refractivity contribution < 1.29 is 25.2 Å². The average Bonchev–Trinajstić information content (AvgIpc) is 3.24. The Hall–Kier alpha value is -1.21. The van der Waals surface area contributed by atoms with E-state index >= 15 is 0 Å². The van der Waals surface area contributed by atoms with Crippen LogP contribution in [0.3, 0.4) is 0 Å². The van der Waals surface area contributed by atoms with E-state index in [4.69, 9.17) is 0 Å². The molecular formula is C53H103NO5. The summed E-state index contributed by atoms with van der Waals surface area (Å²) >= 11 is 0. The van der Waals surface area contributed by atoms with Crippen molar-refractivity contribution in [1.82, 2.24) is 5.32 Å². The second-order valence-corrected chi connectivity index (χ2v) is 18.2. The Balaban J connectivity index is 3.55. The van der Waals surface area contributed by atoms with E-state index in [-0.39, 0.29) is 0 Å². The average molecular weight is 834 g/mol. The highest BCUT2D eigenvalue weighted by molar-refractivity contribution is 5.80. The fourth-order valence-electron chi connectivity index (χ4n) is 8.25. The lowest BCUT2D eigenvalue weighted by Gasteiger charge is -2.27. The number of rotatable bonds is 48. The van der Waals surface area contributed by atoms with Crippen LogP contribution in [0.25, 0.3) is 0 Å². The third-order valence-electron chi connectivity index (χ3n) is 12.4. The van der Waals surface area contributed by atoms with Gasteiger partial charge in [-0.2, -0.15) is 0 Å². The van der Waals surface area contributed by atoms with E-state index in [1.165, 1.54) is 199 Å². The van der Waals surface area contributed by atoms with Crippen LogP contribution in [0, 0.1) is 0 Å². The maximum atomic E-state index is 12.5. The zero-order valence-corrected chi connectivity index (χ0v) is 39.5. The van der Waals surface area contributed by atoms with E-state index in [9.17, 15) is 25.2 Å². The standard InChI is InChI=1S/C53H103NO5/c1-3-5-7-9-11-13-15-17-18-19-20-21-22-23-24-25-26-27-28-29-30-31-32-33-34-35-37-39-41-43-45-47-51(57)53(59)54-49(48-55)52(58)50(56)46-44-42-40-38-36-16-14-12-10-8-6-4-2/h12,14,38,40,49-52,55-58H,3-11,13,15-37,39,41-48H2,1-2H3,(H,54,59)/b14-12+,40-38+. The highest BCUT2D eigenvalue weighted by Gasteiger charge is 2.28. The van der Waals surface area contributed by atoms with Gasteiger partial charge in [-0.05, 0) is 51.4 Å². The summed E-state index contributed by atoms with van der Waals surface area (Å²) in [5.74, 6) is -0.594. The largest absolute Gasteiger partial charge is 0.394 e. The molecule has 59 heavy (non-hydrogen) atoms. The van der Waals surface area contributed by atoms with E-state index in [1.807, 2.05) is 0 Å². The highest BCUT2D eigenvalue weighted by Crippen LogP contribution is 2.18. The molecular weight excluding hydrogens is 731 g/mol. The molecule has 4 atom stereocenters. The maximum Gasteiger partial charge on any atom is 0.249 e. The van der Waals surface area contributed by atoms with Crippen LogP contribution >= 0.6 is 0 Å². The minimum Gasteiger partial charge on any atom is -0.394 e. The number of aliphatic hydroxyl groups is 4. The molecule has 0 aliphatic heterocycles. The Morgan fingerprint density at radius 2 is 0.712 bits per heavy atom. The molecule has 1 amide bonds. The molecule has 0 heterocycles. The van der Waals surface area contributed by atoms with Crippen LogP contribution in [0.15, 0.2) is 24.3 Å². The van der Waals surface area contributed by atoms with Crippen molar-refractivity contribution in [2.45, 2.75) is 301 Å². The summed E-state index contributed by atoms with van der Waals surface area (Å²) in [5.41, 5.74) is 0. The quantitative estimate of drug-likeness (QED) is 0.0310. The Morgan fingerprint density at radius 1 is 0.407 bits per heavy atom. The molecule has 0 spiro atoms. The summed E-state index contributed by atoms with van der Waals surface area (Å²) < 4.78 is 0. The zero-order valence-electron chi connectivity index (χ0n) is 39.5. The molecule has 0 aromatic heterocycles. The number of unbranched alkanes of at least 4 members (excludes halogenated alkanes) is 35. The number of amides is 1. The number of nitrogens with one attached hydrogen (secondary N) is 1. The molecule has 0 fully saturated rings. The molecule has 0 aliphatic rings. The van der Waals surface area contributed by atoms with E-state index < -0.39 is 36.9 Å². The maximum absolute atomic E-state index is 12.5. The van der Waals surface area contributed by atoms with Gasteiger partial charge in [-0.25, -0.2) is 0 Å². The van der Waals surface area contributed by atoms with Gasteiger partial charge in [0.1, 0.15) is 12.2 Å². The first-order valence-corrected chi connectivity index (χ1v) is 26.2. The summed E-state index contributed by atoms with van der Waals surface area (Å²) in [6, 6.07) is -1.00. The molecule has 0 saturated heterocycles. The van der Waals surface area contributed by atoms with Gasteiger partial charge in [0, 0.05) is 0 Å². The van der Waals surface area contributed by atoms with E-state index in [0.29, 0.717) is 19.3 Å². The van der Waals surface area contributed by atoms with Gasteiger partial charge < -0.3 is 25.7 Å². The predicted octanol–water partition coefficient (Wildman–Crippen LogP) is 14.7. The molecule has 6 heteroatoms. The highest BCUT2D eigenvalue weighted by atomic mass is 16.3. The van der Waals surface area contributed by atoms with Gasteiger partial charge in [-0.1, -0.05) is 250 Å². The normalized spacial score (nSPS) is 14.1. The number of carbonyl (C=O) groups excluding carboxylic acids is 1. The summed E-state index contributed by atoms with van der Waals surface area (Å²) in [6.45, 7) is 4.02. The van der Waals surface area contributed by atoms with E-state index in [2.05, 4.69) is 43.5 Å². The van der Waals surface area contributed by atoms with E-state index in [0.717, 1.165) is 44.9 Å². The second kappa shape index (κ2) is 47.8. The first-order valence-electron chi connectivity index (χ1n) is 26.2.